The van der Waals surface area contributed by atoms with E-state index in [2.05, 4.69) is 467 Å². The summed E-state index contributed by atoms with van der Waals surface area (Å²) in [5.41, 5.74) is 17.1. The molecule has 11 aromatic rings. The number of halogens is 18. The van der Waals surface area contributed by atoms with Crippen LogP contribution in [0.1, 0.15) is 188 Å². The molecular formula is C99H98I18N8O14. The van der Waals surface area contributed by atoms with Crippen LogP contribution in [0.3, 0.4) is 0 Å². The Kier molecular flexibility index (Phi) is 57.5. The lowest BCUT2D eigenvalue weighted by Crippen LogP contribution is -2.33. The number of ketones is 2. The number of imidazole rings is 2. The van der Waals surface area contributed by atoms with Crippen molar-refractivity contribution in [3.63, 3.8) is 0 Å². The number of aryl methyl sites for hydroxylation is 1. The highest BCUT2D eigenvalue weighted by atomic mass is 127. The number of nitrogen functional groups attached to an aromatic ring is 1. The minimum Gasteiger partial charge on any atom is -0.462 e. The number of carbonyl (C=O) groups is 8. The van der Waals surface area contributed by atoms with Gasteiger partial charge >= 0.3 is 35.8 Å². The van der Waals surface area contributed by atoms with Crippen molar-refractivity contribution in [1.82, 2.24) is 35.1 Å². The molecule has 2 aromatic heterocycles. The maximum Gasteiger partial charge on any atom is 0.340 e. The Morgan fingerprint density at radius 3 is 1.28 bits per heavy atom. The van der Waals surface area contributed by atoms with Gasteiger partial charge in [0, 0.05) is 106 Å². The lowest BCUT2D eigenvalue weighted by atomic mass is 9.86. The number of nitrogens with zero attached hydrogens (tertiary/aromatic N) is 4. The number of hydrogen-bond donors (Lipinski definition) is 4. The number of hydrogen-bond acceptors (Lipinski definition) is 20. The zero-order valence-corrected chi connectivity index (χ0v) is 114. The topological polar surface area (TPSA) is 294 Å². The summed E-state index contributed by atoms with van der Waals surface area (Å²) in [6, 6.07) is 43.6. The van der Waals surface area contributed by atoms with Gasteiger partial charge in [-0.25, -0.2) is 38.7 Å². The summed E-state index contributed by atoms with van der Waals surface area (Å²) < 4.78 is 50.1. The first-order valence-electron chi connectivity index (χ1n) is 44.1. The normalized spacial score (nSPS) is 13.3. The van der Waals surface area contributed by atoms with Gasteiger partial charge in [-0.3, -0.25) is 14.5 Å². The molecule has 2 saturated heterocycles. The van der Waals surface area contributed by atoms with Crippen molar-refractivity contribution in [2.75, 3.05) is 91.7 Å². The largest absolute Gasteiger partial charge is 0.462 e. The predicted molar refractivity (Wildman–Crippen MR) is 701 cm³/mol. The Morgan fingerprint density at radius 1 is 0.396 bits per heavy atom. The summed E-state index contributed by atoms with van der Waals surface area (Å²) in [4.78, 5) is 118. The maximum absolute atomic E-state index is 12.9. The number of benzene rings is 9. The van der Waals surface area contributed by atoms with Crippen LogP contribution < -0.4 is 11.1 Å². The lowest BCUT2D eigenvalue weighted by Gasteiger charge is -2.28. The molecule has 9 aromatic carbocycles. The Balaban J connectivity index is 0.000000187. The number of fused-ring (bicyclic) bond motifs is 2. The van der Waals surface area contributed by atoms with Crippen LogP contribution in [0.15, 0.2) is 133 Å². The van der Waals surface area contributed by atoms with Crippen LogP contribution in [0.5, 0.6) is 0 Å². The van der Waals surface area contributed by atoms with Crippen LogP contribution >= 0.6 is 407 Å². The Labute approximate surface area is 1060 Å². The molecule has 744 valence electrons. The number of carbonyl (C=O) groups excluding carboxylic acids is 8. The highest BCUT2D eigenvalue weighted by molar-refractivity contribution is 14.1. The van der Waals surface area contributed by atoms with Crippen LogP contribution in [0.2, 0.25) is 0 Å². The summed E-state index contributed by atoms with van der Waals surface area (Å²) >= 11 is 39.5. The molecule has 3 fully saturated rings. The standard InChI is InChI=1S/C20H24I3NO4.C17H13I3N2O2.C16H11I3N2O2.C16H14I3NO2.C16H19I3O2.C14H17I3N2O2/c1-12(25)10-14-17(21)15(11-13(2)26)19(23)16(18(14)22)20(27)28-9-8-24-6-4-3-5-7-24;18-10-8-11(16(20)12(19)9-10)17(23)24-7-3-6-15-21-13-4-1-2-5-14(13)22-15;17-9-7-10(15(19)11(18)8-9)16(22)23-6-5-14-20-12-3-1-2-4-13(12)21-14;17-12-8-13(15(19)14(18)9-12)16(21)22-7-6-20-10-11-4-2-1-3-5-11;17-12-9-13(15(19)14(18)10-12)16(20)21-8-4-7-11-5-2-1-3-6-11;1-19-4-2-8(3-5-19)7-21-14(20)11-9(15)6-10(16)13(18)12(11)17/h3-11H2,1-2H3;1-2,4-5,8-9H,3,6-7H2,(H,21,22);1-4,7-8H,5-6H2,(H,20,21);1-5,8-9,20H,6-7,10H2;9-11H,1-8H2;6,8H,2-5,7,18H2,1H3. The fourth-order valence-electron chi connectivity index (χ4n) is 14.6. The first-order valence-corrected chi connectivity index (χ1v) is 63.5. The molecule has 3 aliphatic rings. The molecule has 1 saturated carbocycles. The van der Waals surface area contributed by atoms with E-state index < -0.39 is 0 Å². The van der Waals surface area contributed by atoms with E-state index in [0.29, 0.717) is 97.6 Å². The van der Waals surface area contributed by atoms with Gasteiger partial charge < -0.3 is 54.3 Å². The van der Waals surface area contributed by atoms with Gasteiger partial charge in [0.05, 0.1) is 91.1 Å². The molecule has 0 radical (unpaired) electrons. The summed E-state index contributed by atoms with van der Waals surface area (Å²) in [6.07, 6.45) is 17.5. The fourth-order valence-corrected chi connectivity index (χ4v) is 32.3. The number of ether oxygens (including phenoxy) is 6. The van der Waals surface area contributed by atoms with Gasteiger partial charge in [-0.1, -0.05) is 93.1 Å². The van der Waals surface area contributed by atoms with Gasteiger partial charge in [0.2, 0.25) is 0 Å². The first kappa shape index (κ1) is 123. The van der Waals surface area contributed by atoms with Crippen molar-refractivity contribution < 1.29 is 66.8 Å². The average molecular weight is 3910 g/mol. The van der Waals surface area contributed by atoms with Gasteiger partial charge in [0.25, 0.3) is 0 Å². The highest BCUT2D eigenvalue weighted by Gasteiger charge is 2.30. The molecule has 2 aliphatic heterocycles. The molecule has 14 rings (SSSR count). The molecule has 139 heavy (non-hydrogen) atoms. The number of piperidine rings is 2. The summed E-state index contributed by atoms with van der Waals surface area (Å²) in [5.74, 6) is 1.49. The van der Waals surface area contributed by atoms with Crippen LogP contribution in [0.25, 0.3) is 22.1 Å². The Morgan fingerprint density at radius 2 is 0.813 bits per heavy atom. The van der Waals surface area contributed by atoms with Crippen LogP contribution in [0, 0.1) is 76.1 Å². The van der Waals surface area contributed by atoms with Crippen LogP contribution in [-0.2, 0) is 70.2 Å². The lowest BCUT2D eigenvalue weighted by molar-refractivity contribution is -0.117. The van der Waals surface area contributed by atoms with E-state index in [1.54, 1.807) is 0 Å². The number of esters is 6. The van der Waals surface area contributed by atoms with Crippen LogP contribution in [0.4, 0.5) is 5.69 Å². The van der Waals surface area contributed by atoms with Crippen molar-refractivity contribution >= 4 is 482 Å². The summed E-state index contributed by atoms with van der Waals surface area (Å²) in [6.45, 7) is 11.9. The smallest absolute Gasteiger partial charge is 0.340 e. The quantitative estimate of drug-likeness (QED) is 0.00784. The van der Waals surface area contributed by atoms with Crippen molar-refractivity contribution in [2.24, 2.45) is 11.8 Å². The van der Waals surface area contributed by atoms with E-state index >= 15 is 0 Å². The third-order valence-corrected chi connectivity index (χ3v) is 43.0. The molecule has 0 bridgehead atoms. The number of anilines is 1. The second-order valence-electron chi connectivity index (χ2n) is 32.5. The number of aromatic amines is 2. The van der Waals surface area contributed by atoms with Gasteiger partial charge in [-0.05, 0) is 606 Å². The second kappa shape index (κ2) is 64.8. The number of nitrogens with two attached hydrogens (primary N) is 1. The van der Waals surface area contributed by atoms with Crippen LogP contribution in [-0.4, -0.2) is 163 Å². The van der Waals surface area contributed by atoms with E-state index in [0.717, 1.165) is 186 Å². The zero-order valence-electron chi connectivity index (χ0n) is 75.5. The molecular weight excluding hydrogens is 3810 g/mol. The maximum atomic E-state index is 12.9. The summed E-state index contributed by atoms with van der Waals surface area (Å²) in [7, 11) is 2.13. The second-order valence-corrected chi connectivity index (χ2v) is 53.0. The highest BCUT2D eigenvalue weighted by Crippen LogP contribution is 2.37. The average Bonchev–Trinajstić information content (AvgIpc) is 1.41. The number of H-pyrrole nitrogens is 2. The first-order chi connectivity index (χ1) is 66.3. The molecule has 0 atom stereocenters. The van der Waals surface area contributed by atoms with Crippen molar-refractivity contribution in [2.45, 2.75) is 130 Å². The Hall–Kier alpha value is 0.900. The Bertz CT molecular complexity index is 5990. The van der Waals surface area contributed by atoms with Gasteiger partial charge in [-0.15, -0.1) is 0 Å². The minimum absolute atomic E-state index is 0.0234. The van der Waals surface area contributed by atoms with Gasteiger partial charge in [-0.2, -0.15) is 0 Å². The van der Waals surface area contributed by atoms with E-state index in [1.165, 1.54) is 77.2 Å². The minimum atomic E-state index is -0.378. The number of para-hydroxylation sites is 4. The van der Waals surface area contributed by atoms with Crippen molar-refractivity contribution in [3.05, 3.63) is 259 Å². The zero-order chi connectivity index (χ0) is 101. The monoisotopic (exact) mass is 3910 g/mol. The number of likely N-dealkylation sites (tertiary alicyclic amines) is 2. The van der Waals surface area contributed by atoms with Crippen molar-refractivity contribution in [3.8, 4) is 0 Å². The molecule has 5 N–H and O–H groups in total. The molecule has 0 unspecified atom stereocenters. The molecule has 0 spiro atoms. The number of rotatable bonds is 31. The molecule has 40 heteroatoms. The van der Waals surface area contributed by atoms with Gasteiger partial charge in [0.15, 0.2) is 0 Å². The van der Waals surface area contributed by atoms with Gasteiger partial charge in [0.1, 0.15) is 36.4 Å². The van der Waals surface area contributed by atoms with E-state index in [4.69, 9.17) is 34.2 Å². The van der Waals surface area contributed by atoms with E-state index in [1.807, 2.05) is 115 Å². The summed E-state index contributed by atoms with van der Waals surface area (Å²) in [5, 5.41) is 3.26. The number of Topliss-reactive ketones (excluding diaryl/α,β-unsaturated/α-hetero) is 2. The van der Waals surface area contributed by atoms with E-state index in [-0.39, 0.29) is 60.2 Å². The van der Waals surface area contributed by atoms with Crippen molar-refractivity contribution in [1.29, 1.82) is 0 Å². The molecule has 1 aliphatic carbocycles. The molecule has 22 nitrogen and oxygen atoms in total. The molecule has 4 heterocycles. The third kappa shape index (κ3) is 41.0. The predicted octanol–water partition coefficient (Wildman–Crippen LogP) is 28.4. The SMILES string of the molecule is CC(=O)Cc1c(I)c(CC(C)=O)c(I)c(C(=O)OCCN2CCCCC2)c1I.CN1CCC(COC(=O)c2c(I)cc(I)c(N)c2I)CC1.O=C(OCCCC1CCCCC1)c1cc(I)cc(I)c1I.O=C(OCCCc1nc2ccccc2[nH]1)c1cc(I)cc(I)c1I.O=C(OCCNCc1ccccc1)c1cc(I)cc(I)c1I.O=C(OCCc1nc2ccccc2[nH]1)c1cc(I)cc(I)c1I. The molecule has 0 amide bonds. The third-order valence-electron chi connectivity index (χ3n) is 21.8. The fraction of sp³-hybridized carbons (Fsp3) is 0.354. The number of aromatic nitrogens is 4. The van der Waals surface area contributed by atoms with E-state index in [9.17, 15) is 38.4 Å². The number of nitrogens with one attached hydrogen (secondary N) is 3.